The predicted molar refractivity (Wildman–Crippen MR) is 74.8 cm³/mol. The van der Waals surface area contributed by atoms with Crippen molar-refractivity contribution in [2.75, 3.05) is 11.9 Å². The zero-order chi connectivity index (χ0) is 15.0. The van der Waals surface area contributed by atoms with E-state index in [9.17, 15) is 13.2 Å². The minimum atomic E-state index is -4.34. The summed E-state index contributed by atoms with van der Waals surface area (Å²) in [6.45, 7) is 2.88. The highest BCUT2D eigenvalue weighted by Gasteiger charge is 2.31. The fourth-order valence-corrected chi connectivity index (χ4v) is 2.68. The molecule has 0 radical (unpaired) electrons. The number of aromatic nitrogens is 2. The summed E-state index contributed by atoms with van der Waals surface area (Å²) in [5.74, 6) is 0.831. The van der Waals surface area contributed by atoms with Gasteiger partial charge in [0.2, 0.25) is 0 Å². The van der Waals surface area contributed by atoms with Crippen molar-refractivity contribution in [1.29, 1.82) is 0 Å². The lowest BCUT2D eigenvalue weighted by atomic mass is 10.1. The number of nitrogens with one attached hydrogen (secondary N) is 1. The number of aryl methyl sites for hydroxylation is 1. The lowest BCUT2D eigenvalue weighted by Crippen LogP contribution is -2.08. The molecule has 6 heteroatoms. The Balaban J connectivity index is 2.07. The van der Waals surface area contributed by atoms with Crippen LogP contribution in [0.25, 0.3) is 5.69 Å². The number of alkyl halides is 3. The van der Waals surface area contributed by atoms with Gasteiger partial charge >= 0.3 is 6.18 Å². The summed E-state index contributed by atoms with van der Waals surface area (Å²) < 4.78 is 40.1. The lowest BCUT2D eigenvalue weighted by Gasteiger charge is -2.10. The van der Waals surface area contributed by atoms with Gasteiger partial charge in [0.05, 0.1) is 16.9 Å². The third-order valence-electron chi connectivity index (χ3n) is 3.64. The maximum Gasteiger partial charge on any atom is 0.416 e. The standard InChI is InChI=1S/C15H16F3N3/c1-2-4-13-12-7-8-19-14(12)21(20-13)11-6-3-5-10(9-11)15(16,17)18/h3,5-6,9,19H,2,4,7-8H2,1H3. The van der Waals surface area contributed by atoms with Crippen LogP contribution in [-0.4, -0.2) is 16.3 Å². The number of hydrogen-bond donors (Lipinski definition) is 1. The topological polar surface area (TPSA) is 29.9 Å². The van der Waals surface area contributed by atoms with E-state index in [2.05, 4.69) is 17.3 Å². The van der Waals surface area contributed by atoms with Crippen LogP contribution in [0.3, 0.4) is 0 Å². The van der Waals surface area contributed by atoms with Crippen LogP contribution in [0.15, 0.2) is 24.3 Å². The fraction of sp³-hybridized carbons (Fsp3) is 0.400. The second-order valence-electron chi connectivity index (χ2n) is 5.16. The van der Waals surface area contributed by atoms with Crippen LogP contribution in [-0.2, 0) is 19.0 Å². The molecule has 3 nitrogen and oxygen atoms in total. The molecular weight excluding hydrogens is 279 g/mol. The fourth-order valence-electron chi connectivity index (χ4n) is 2.68. The van der Waals surface area contributed by atoms with E-state index in [-0.39, 0.29) is 0 Å². The van der Waals surface area contributed by atoms with E-state index in [0.717, 1.165) is 55.0 Å². The third-order valence-corrected chi connectivity index (χ3v) is 3.64. The predicted octanol–water partition coefficient (Wildman–Crippen LogP) is 3.81. The van der Waals surface area contributed by atoms with Gasteiger partial charge in [0.25, 0.3) is 0 Å². The molecule has 1 aromatic carbocycles. The first-order valence-electron chi connectivity index (χ1n) is 7.03. The van der Waals surface area contributed by atoms with Gasteiger partial charge < -0.3 is 5.32 Å². The molecule has 0 saturated heterocycles. The van der Waals surface area contributed by atoms with E-state index < -0.39 is 11.7 Å². The summed E-state index contributed by atoms with van der Waals surface area (Å²) >= 11 is 0. The van der Waals surface area contributed by atoms with Crippen LogP contribution in [0.1, 0.15) is 30.2 Å². The minimum Gasteiger partial charge on any atom is -0.369 e. The molecule has 0 amide bonds. The largest absolute Gasteiger partial charge is 0.416 e. The summed E-state index contributed by atoms with van der Waals surface area (Å²) in [5.41, 5.74) is 1.90. The van der Waals surface area contributed by atoms with Crippen molar-refractivity contribution in [2.45, 2.75) is 32.4 Å². The average Bonchev–Trinajstić information content (AvgIpc) is 3.02. The normalized spacial score (nSPS) is 14.1. The molecule has 112 valence electrons. The van der Waals surface area contributed by atoms with Crippen LogP contribution in [0.4, 0.5) is 19.0 Å². The monoisotopic (exact) mass is 295 g/mol. The van der Waals surface area contributed by atoms with Crippen molar-refractivity contribution in [3.05, 3.63) is 41.1 Å². The minimum absolute atomic E-state index is 0.442. The number of rotatable bonds is 3. The molecule has 21 heavy (non-hydrogen) atoms. The molecule has 0 aliphatic carbocycles. The molecule has 1 N–H and O–H groups in total. The summed E-state index contributed by atoms with van der Waals surface area (Å²) in [6.07, 6.45) is -1.66. The van der Waals surface area contributed by atoms with Crippen LogP contribution in [0.2, 0.25) is 0 Å². The zero-order valence-corrected chi connectivity index (χ0v) is 11.7. The molecule has 0 unspecified atom stereocenters. The maximum atomic E-state index is 12.8. The van der Waals surface area contributed by atoms with E-state index >= 15 is 0 Å². The third kappa shape index (κ3) is 2.50. The van der Waals surface area contributed by atoms with Crippen molar-refractivity contribution in [1.82, 2.24) is 9.78 Å². The van der Waals surface area contributed by atoms with E-state index in [4.69, 9.17) is 0 Å². The van der Waals surface area contributed by atoms with Gasteiger partial charge in [-0.05, 0) is 31.0 Å². The van der Waals surface area contributed by atoms with Gasteiger partial charge in [0.15, 0.2) is 0 Å². The Labute approximate surface area is 120 Å². The highest BCUT2D eigenvalue weighted by atomic mass is 19.4. The van der Waals surface area contributed by atoms with E-state index in [0.29, 0.717) is 5.69 Å². The Morgan fingerprint density at radius 1 is 1.33 bits per heavy atom. The van der Waals surface area contributed by atoms with Gasteiger partial charge in [-0.3, -0.25) is 0 Å². The van der Waals surface area contributed by atoms with E-state index in [1.165, 1.54) is 6.07 Å². The van der Waals surface area contributed by atoms with Crippen molar-refractivity contribution in [2.24, 2.45) is 0 Å². The van der Waals surface area contributed by atoms with Gasteiger partial charge in [-0.2, -0.15) is 18.3 Å². The second kappa shape index (κ2) is 5.09. The molecule has 3 rings (SSSR count). The first-order valence-corrected chi connectivity index (χ1v) is 7.03. The van der Waals surface area contributed by atoms with Gasteiger partial charge in [-0.15, -0.1) is 0 Å². The van der Waals surface area contributed by atoms with Crippen molar-refractivity contribution < 1.29 is 13.2 Å². The Kier molecular flexibility index (Phi) is 3.39. The smallest absolute Gasteiger partial charge is 0.369 e. The molecule has 0 saturated carbocycles. The van der Waals surface area contributed by atoms with Crippen molar-refractivity contribution >= 4 is 5.82 Å². The number of nitrogens with zero attached hydrogens (tertiary/aromatic N) is 2. The second-order valence-corrected chi connectivity index (χ2v) is 5.16. The van der Waals surface area contributed by atoms with Crippen molar-refractivity contribution in [3.8, 4) is 5.69 Å². The average molecular weight is 295 g/mol. The Bertz CT molecular complexity index is 659. The highest BCUT2D eigenvalue weighted by Crippen LogP contribution is 2.33. The summed E-state index contributed by atoms with van der Waals surface area (Å²) in [4.78, 5) is 0. The number of fused-ring (bicyclic) bond motifs is 1. The molecule has 1 aliphatic heterocycles. The molecule has 0 spiro atoms. The Morgan fingerprint density at radius 2 is 2.14 bits per heavy atom. The molecule has 2 heterocycles. The van der Waals surface area contributed by atoms with Gasteiger partial charge in [0, 0.05) is 12.1 Å². The summed E-state index contributed by atoms with van der Waals surface area (Å²) in [5, 5.41) is 7.73. The zero-order valence-electron chi connectivity index (χ0n) is 11.7. The maximum absolute atomic E-state index is 12.8. The molecule has 1 aliphatic rings. The molecule has 1 aromatic heterocycles. The van der Waals surface area contributed by atoms with Gasteiger partial charge in [-0.1, -0.05) is 19.4 Å². The first-order chi connectivity index (χ1) is 10.0. The number of halogens is 3. The highest BCUT2D eigenvalue weighted by molar-refractivity contribution is 5.57. The van der Waals surface area contributed by atoms with Gasteiger partial charge in [-0.25, -0.2) is 4.68 Å². The van der Waals surface area contributed by atoms with Crippen LogP contribution >= 0.6 is 0 Å². The van der Waals surface area contributed by atoms with Crippen LogP contribution in [0, 0.1) is 0 Å². The molecular formula is C15H16F3N3. The van der Waals surface area contributed by atoms with Crippen LogP contribution in [0.5, 0.6) is 0 Å². The van der Waals surface area contributed by atoms with E-state index in [1.54, 1.807) is 10.7 Å². The molecule has 2 aromatic rings. The van der Waals surface area contributed by atoms with Crippen molar-refractivity contribution in [3.63, 3.8) is 0 Å². The van der Waals surface area contributed by atoms with E-state index in [1.807, 2.05) is 0 Å². The molecule has 0 atom stereocenters. The number of benzene rings is 1. The van der Waals surface area contributed by atoms with Gasteiger partial charge in [0.1, 0.15) is 5.82 Å². The SMILES string of the molecule is CCCc1nn(-c2cccc(C(F)(F)F)c2)c2c1CCN2. The first kappa shape index (κ1) is 14.0. The Hall–Kier alpha value is -1.98. The molecule has 0 fully saturated rings. The van der Waals surface area contributed by atoms with Crippen LogP contribution < -0.4 is 5.32 Å². The summed E-state index contributed by atoms with van der Waals surface area (Å²) in [7, 11) is 0. The lowest BCUT2D eigenvalue weighted by molar-refractivity contribution is -0.137. The number of anilines is 1. The Morgan fingerprint density at radius 3 is 2.86 bits per heavy atom. The summed E-state index contributed by atoms with van der Waals surface area (Å²) in [6, 6.07) is 5.29. The molecule has 0 bridgehead atoms. The number of hydrogen-bond acceptors (Lipinski definition) is 2. The quantitative estimate of drug-likeness (QED) is 0.933.